The van der Waals surface area contributed by atoms with Crippen LogP contribution < -0.4 is 0 Å². The van der Waals surface area contributed by atoms with E-state index in [1.165, 1.54) is 0 Å². The first kappa shape index (κ1) is 27.5. The van der Waals surface area contributed by atoms with E-state index in [4.69, 9.17) is 9.97 Å². The quantitative estimate of drug-likeness (QED) is 0.184. The van der Waals surface area contributed by atoms with Gasteiger partial charge in [0.15, 0.2) is 0 Å². The second-order valence-electron chi connectivity index (χ2n) is 10.1. The lowest BCUT2D eigenvalue weighted by Crippen LogP contribution is -1.97. The Hall–Kier alpha value is -5.62. The number of hydrogen-bond donors (Lipinski definition) is 0. The van der Waals surface area contributed by atoms with E-state index in [-0.39, 0.29) is 0 Å². The molecule has 0 radical (unpaired) electrons. The Kier molecular flexibility index (Phi) is 8.00. The van der Waals surface area contributed by atoms with Gasteiger partial charge in [0, 0.05) is 78.3 Å². The van der Waals surface area contributed by atoms with E-state index in [9.17, 15) is 0 Å². The first-order chi connectivity index (χ1) is 21.1. The van der Waals surface area contributed by atoms with Crippen molar-refractivity contribution < 1.29 is 0 Å². The van der Waals surface area contributed by atoms with E-state index in [0.29, 0.717) is 5.82 Å². The van der Waals surface area contributed by atoms with Crippen molar-refractivity contribution in [2.24, 2.45) is 4.99 Å². The molecule has 6 heteroatoms. The third kappa shape index (κ3) is 6.19. The molecule has 208 valence electrons. The monoisotopic (exact) mass is 558 g/mol. The van der Waals surface area contributed by atoms with Crippen molar-refractivity contribution >= 4 is 11.8 Å². The van der Waals surface area contributed by atoms with Gasteiger partial charge in [-0.3, -0.25) is 19.9 Å². The summed E-state index contributed by atoms with van der Waals surface area (Å²) in [6, 6.07) is 27.1. The van der Waals surface area contributed by atoms with E-state index in [1.807, 2.05) is 56.9 Å². The Labute approximate surface area is 251 Å². The highest BCUT2D eigenvalue weighted by Gasteiger charge is 2.14. The number of aromatic nitrogens is 5. The van der Waals surface area contributed by atoms with Crippen LogP contribution in [-0.2, 0) is 0 Å². The molecule has 0 aliphatic heterocycles. The summed E-state index contributed by atoms with van der Waals surface area (Å²) in [6.07, 6.45) is 15.0. The minimum atomic E-state index is 0.692. The molecule has 6 nitrogen and oxygen atoms in total. The molecule has 0 fully saturated rings. The number of aliphatic imine (C=N–C) groups is 1. The average Bonchev–Trinajstić information content (AvgIpc) is 3.07. The molecule has 6 aromatic rings. The van der Waals surface area contributed by atoms with Crippen LogP contribution in [0.15, 0.2) is 127 Å². The molecule has 6 rings (SSSR count). The second kappa shape index (κ2) is 12.5. The Morgan fingerprint density at radius 1 is 0.581 bits per heavy atom. The summed E-state index contributed by atoms with van der Waals surface area (Å²) in [5, 5.41) is 0. The van der Waals surface area contributed by atoms with Crippen LogP contribution in [0, 0.1) is 6.92 Å². The smallest absolute Gasteiger partial charge is 0.126 e. The zero-order valence-electron chi connectivity index (χ0n) is 24.3. The van der Waals surface area contributed by atoms with Gasteiger partial charge in [-0.1, -0.05) is 24.3 Å². The number of pyridine rings is 3. The highest BCUT2D eigenvalue weighted by atomic mass is 14.9. The van der Waals surface area contributed by atoms with Crippen molar-refractivity contribution in [1.29, 1.82) is 0 Å². The van der Waals surface area contributed by atoms with Crippen molar-refractivity contribution in [2.75, 3.05) is 7.05 Å². The molecule has 0 bridgehead atoms. The molecule has 0 saturated carbocycles. The van der Waals surface area contributed by atoms with Crippen LogP contribution in [0.4, 0.5) is 0 Å². The van der Waals surface area contributed by atoms with Crippen LogP contribution in [0.5, 0.6) is 0 Å². The minimum absolute atomic E-state index is 0.692. The molecule has 0 spiro atoms. The van der Waals surface area contributed by atoms with E-state index < -0.39 is 0 Å². The predicted octanol–water partition coefficient (Wildman–Crippen LogP) is 8.41. The highest BCUT2D eigenvalue weighted by molar-refractivity contribution is 6.10. The summed E-state index contributed by atoms with van der Waals surface area (Å²) < 4.78 is 0. The molecule has 0 unspecified atom stereocenters. The highest BCUT2D eigenvalue weighted by Crippen LogP contribution is 2.35. The maximum absolute atomic E-state index is 4.90. The molecular formula is C37H30N6. The number of hydrogen-bond acceptors (Lipinski definition) is 6. The van der Waals surface area contributed by atoms with Gasteiger partial charge >= 0.3 is 0 Å². The van der Waals surface area contributed by atoms with Crippen LogP contribution in [-0.4, -0.2) is 38.2 Å². The van der Waals surface area contributed by atoms with Crippen LogP contribution in [0.25, 0.3) is 61.5 Å². The zero-order valence-corrected chi connectivity index (χ0v) is 24.3. The molecule has 2 aromatic carbocycles. The van der Waals surface area contributed by atoms with Crippen LogP contribution in [0.3, 0.4) is 0 Å². The molecule has 0 atom stereocenters. The molecule has 0 saturated heterocycles. The maximum Gasteiger partial charge on any atom is 0.126 e. The van der Waals surface area contributed by atoms with E-state index in [1.54, 1.807) is 25.6 Å². The Bertz CT molecular complexity index is 1870. The van der Waals surface area contributed by atoms with Gasteiger partial charge in [0.25, 0.3) is 0 Å². The summed E-state index contributed by atoms with van der Waals surface area (Å²) in [7, 11) is 1.79. The van der Waals surface area contributed by atoms with Gasteiger partial charge in [-0.25, -0.2) is 9.97 Å². The minimum Gasteiger partial charge on any atom is -0.296 e. The fourth-order valence-corrected chi connectivity index (χ4v) is 5.14. The Morgan fingerprint density at radius 3 is 1.47 bits per heavy atom. The molecule has 0 aliphatic rings. The largest absolute Gasteiger partial charge is 0.296 e. The van der Waals surface area contributed by atoms with Crippen molar-refractivity contribution in [3.8, 4) is 55.9 Å². The first-order valence-corrected chi connectivity index (χ1v) is 14.1. The zero-order chi connectivity index (χ0) is 29.6. The second-order valence-corrected chi connectivity index (χ2v) is 10.1. The lowest BCUT2D eigenvalue weighted by molar-refractivity contribution is 1.06. The van der Waals surface area contributed by atoms with E-state index >= 15 is 0 Å². The van der Waals surface area contributed by atoms with Crippen LogP contribution >= 0.6 is 0 Å². The van der Waals surface area contributed by atoms with Crippen molar-refractivity contribution in [3.63, 3.8) is 0 Å². The third-order valence-corrected chi connectivity index (χ3v) is 7.19. The van der Waals surface area contributed by atoms with Gasteiger partial charge in [0.05, 0.1) is 11.4 Å². The van der Waals surface area contributed by atoms with Gasteiger partial charge in [-0.15, -0.1) is 0 Å². The molecule has 4 heterocycles. The van der Waals surface area contributed by atoms with E-state index in [0.717, 1.165) is 67.0 Å². The topological polar surface area (TPSA) is 76.8 Å². The first-order valence-electron chi connectivity index (χ1n) is 14.1. The maximum atomic E-state index is 4.90. The summed E-state index contributed by atoms with van der Waals surface area (Å²) in [6.45, 7) is 3.96. The van der Waals surface area contributed by atoms with Gasteiger partial charge in [-0.05, 0) is 102 Å². The number of rotatable bonds is 7. The van der Waals surface area contributed by atoms with Crippen LogP contribution in [0.2, 0.25) is 0 Å². The summed E-state index contributed by atoms with van der Waals surface area (Å²) >= 11 is 0. The number of nitrogens with zero attached hydrogens (tertiary/aromatic N) is 6. The van der Waals surface area contributed by atoms with Gasteiger partial charge in [-0.2, -0.15) is 0 Å². The predicted molar refractivity (Wildman–Crippen MR) is 175 cm³/mol. The SMILES string of the molecule is C/C=C(\C=NC)c1cc(-c2cccnc2)cc(-c2cc(-c3cc(-c4cccnc4)cc(-c4cccnc4)c3)nc(C)n2)c1. The van der Waals surface area contributed by atoms with Crippen molar-refractivity contribution in [3.05, 3.63) is 134 Å². The molecule has 4 aromatic heterocycles. The van der Waals surface area contributed by atoms with Gasteiger partial charge in [0.2, 0.25) is 0 Å². The van der Waals surface area contributed by atoms with Gasteiger partial charge < -0.3 is 0 Å². The Balaban J connectivity index is 1.53. The molecule has 0 N–H and O–H groups in total. The summed E-state index contributed by atoms with van der Waals surface area (Å²) in [5.74, 6) is 0.692. The Morgan fingerprint density at radius 2 is 1.02 bits per heavy atom. The lowest BCUT2D eigenvalue weighted by atomic mass is 9.94. The summed E-state index contributed by atoms with van der Waals surface area (Å²) in [5.41, 5.74) is 12.0. The molecular weight excluding hydrogens is 528 g/mol. The fourth-order valence-electron chi connectivity index (χ4n) is 5.14. The number of allylic oxidation sites excluding steroid dienone is 2. The molecule has 0 aliphatic carbocycles. The van der Waals surface area contributed by atoms with Crippen molar-refractivity contribution in [1.82, 2.24) is 24.9 Å². The standard InChI is InChI=1S/C37H30N6/c1-4-26(21-38-3)30-14-31(27-8-5-11-39-22-27)17-34(16-30)36-20-37(43-25(2)42-36)35-18-32(28-9-6-12-40-23-28)15-33(19-35)29-10-7-13-41-24-29/h4-24H,1-3H3/b26-4+,38-21?. The third-order valence-electron chi connectivity index (χ3n) is 7.19. The fraction of sp³-hybridized carbons (Fsp3) is 0.0811. The van der Waals surface area contributed by atoms with E-state index in [2.05, 4.69) is 86.7 Å². The lowest BCUT2D eigenvalue weighted by Gasteiger charge is -2.14. The average molecular weight is 559 g/mol. The number of benzene rings is 2. The van der Waals surface area contributed by atoms with Crippen LogP contribution in [0.1, 0.15) is 18.3 Å². The normalized spacial score (nSPS) is 11.7. The summed E-state index contributed by atoms with van der Waals surface area (Å²) in [4.78, 5) is 27.1. The number of aryl methyl sites for hydroxylation is 1. The molecule has 0 amide bonds. The van der Waals surface area contributed by atoms with Gasteiger partial charge in [0.1, 0.15) is 5.82 Å². The van der Waals surface area contributed by atoms with Crippen molar-refractivity contribution in [2.45, 2.75) is 13.8 Å². The molecule has 43 heavy (non-hydrogen) atoms.